The molecule has 0 aliphatic carbocycles. The van der Waals surface area contributed by atoms with Gasteiger partial charge in [0.1, 0.15) is 11.2 Å². The first-order valence-corrected chi connectivity index (χ1v) is 10.8. The van der Waals surface area contributed by atoms with Gasteiger partial charge in [-0.3, -0.25) is 30.3 Å². The number of hydrogen-bond acceptors (Lipinski definition) is 8. The molecule has 182 valence electrons. The number of benzene rings is 5. The quantitative estimate of drug-likeness (QED) is 0.201. The van der Waals surface area contributed by atoms with E-state index < -0.39 is 37.6 Å². The number of aromatic hydroxyl groups is 1. The van der Waals surface area contributed by atoms with Crippen molar-refractivity contribution in [3.63, 3.8) is 0 Å². The van der Waals surface area contributed by atoms with Crippen molar-refractivity contribution in [3.8, 4) is 5.75 Å². The Morgan fingerprint density at radius 1 is 0.595 bits per heavy atom. The first-order chi connectivity index (χ1) is 17.8. The first-order valence-electron chi connectivity index (χ1n) is 10.8. The summed E-state index contributed by atoms with van der Waals surface area (Å²) in [5.41, 5.74) is -1.09. The summed E-state index contributed by atoms with van der Waals surface area (Å²) in [4.78, 5) is 27.8. The standard InChI is InChI=1S/C20H12O.C6H3N3O7/c1-3-7-15-13(5-1)9-11-17-19(15)20-16-8-4-2-6-14(16)10-12-18(20)21-17;10-6-4(8(13)14)1-3(7(11)12)2-5(6)9(15)16/h1-12H;1-2,10H. The smallest absolute Gasteiger partial charge is 0.324 e. The molecule has 0 unspecified atom stereocenters. The molecule has 1 aromatic heterocycles. The normalized spacial score (nSPS) is 10.9. The van der Waals surface area contributed by atoms with Gasteiger partial charge in [0.15, 0.2) is 0 Å². The van der Waals surface area contributed by atoms with E-state index in [0.29, 0.717) is 12.1 Å². The number of phenolic OH excluding ortho intramolecular Hbond substituents is 1. The van der Waals surface area contributed by atoms with Crippen LogP contribution in [0.25, 0.3) is 43.5 Å². The minimum atomic E-state index is -1.21. The Morgan fingerprint density at radius 2 is 1.03 bits per heavy atom. The van der Waals surface area contributed by atoms with Gasteiger partial charge in [0, 0.05) is 10.8 Å². The molecule has 11 nitrogen and oxygen atoms in total. The van der Waals surface area contributed by atoms with Crippen molar-refractivity contribution in [1.29, 1.82) is 0 Å². The molecular formula is C26H15N3O8. The number of fused-ring (bicyclic) bond motifs is 7. The zero-order valence-corrected chi connectivity index (χ0v) is 18.7. The van der Waals surface area contributed by atoms with E-state index in [-0.39, 0.29) is 0 Å². The van der Waals surface area contributed by atoms with Crippen molar-refractivity contribution < 1.29 is 24.3 Å². The predicted molar refractivity (Wildman–Crippen MR) is 137 cm³/mol. The minimum Gasteiger partial charge on any atom is -0.497 e. The molecular weight excluding hydrogens is 482 g/mol. The van der Waals surface area contributed by atoms with Gasteiger partial charge < -0.3 is 9.52 Å². The fourth-order valence-corrected chi connectivity index (χ4v) is 4.28. The molecule has 1 N–H and O–H groups in total. The predicted octanol–water partition coefficient (Wildman–Crippen LogP) is 7.01. The first kappa shape index (κ1) is 23.2. The van der Waals surface area contributed by atoms with Crippen LogP contribution in [0.3, 0.4) is 0 Å². The van der Waals surface area contributed by atoms with Crippen molar-refractivity contribution in [1.82, 2.24) is 0 Å². The molecule has 0 saturated carbocycles. The van der Waals surface area contributed by atoms with Gasteiger partial charge >= 0.3 is 11.4 Å². The summed E-state index contributed by atoms with van der Waals surface area (Å²) >= 11 is 0. The third-order valence-electron chi connectivity index (χ3n) is 5.91. The van der Waals surface area contributed by atoms with Crippen LogP contribution in [0.2, 0.25) is 0 Å². The van der Waals surface area contributed by atoms with Crippen molar-refractivity contribution in [2.75, 3.05) is 0 Å². The molecule has 37 heavy (non-hydrogen) atoms. The van der Waals surface area contributed by atoms with E-state index in [1.807, 2.05) is 0 Å². The summed E-state index contributed by atoms with van der Waals surface area (Å²) < 4.78 is 6.07. The van der Waals surface area contributed by atoms with Gasteiger partial charge in [0.25, 0.3) is 11.4 Å². The maximum atomic E-state index is 10.4. The number of phenols is 1. The zero-order valence-electron chi connectivity index (χ0n) is 18.7. The molecule has 0 aliphatic rings. The third-order valence-corrected chi connectivity index (χ3v) is 5.91. The average Bonchev–Trinajstić information content (AvgIpc) is 3.28. The number of rotatable bonds is 3. The van der Waals surface area contributed by atoms with Crippen molar-refractivity contribution in [2.24, 2.45) is 0 Å². The summed E-state index contributed by atoms with van der Waals surface area (Å²) in [7, 11) is 0. The number of nitro groups is 3. The Hall–Kier alpha value is -5.58. The van der Waals surface area contributed by atoms with Gasteiger partial charge in [-0.05, 0) is 33.7 Å². The van der Waals surface area contributed by atoms with E-state index in [2.05, 4.69) is 72.8 Å². The van der Waals surface area contributed by atoms with Gasteiger partial charge in [-0.25, -0.2) is 0 Å². The summed E-state index contributed by atoms with van der Waals surface area (Å²) in [6.45, 7) is 0. The lowest BCUT2D eigenvalue weighted by Crippen LogP contribution is -1.97. The largest absolute Gasteiger partial charge is 0.497 e. The van der Waals surface area contributed by atoms with Gasteiger partial charge in [-0.2, -0.15) is 0 Å². The van der Waals surface area contributed by atoms with Crippen LogP contribution in [0.1, 0.15) is 0 Å². The van der Waals surface area contributed by atoms with Gasteiger partial charge in [-0.15, -0.1) is 0 Å². The Labute approximate surface area is 206 Å². The third kappa shape index (κ3) is 4.00. The molecule has 0 spiro atoms. The lowest BCUT2D eigenvalue weighted by Gasteiger charge is -2.01. The van der Waals surface area contributed by atoms with E-state index >= 15 is 0 Å². The molecule has 0 radical (unpaired) electrons. The second-order valence-corrected chi connectivity index (χ2v) is 8.03. The summed E-state index contributed by atoms with van der Waals surface area (Å²) in [5.74, 6) is -1.21. The van der Waals surface area contributed by atoms with E-state index in [4.69, 9.17) is 9.52 Å². The van der Waals surface area contributed by atoms with Crippen LogP contribution in [0.4, 0.5) is 17.1 Å². The number of nitrogens with zero attached hydrogens (tertiary/aromatic N) is 3. The van der Waals surface area contributed by atoms with E-state index in [0.717, 1.165) is 11.2 Å². The molecule has 0 bridgehead atoms. The van der Waals surface area contributed by atoms with Crippen LogP contribution in [0.5, 0.6) is 5.75 Å². The lowest BCUT2D eigenvalue weighted by atomic mass is 10.00. The number of furan rings is 1. The van der Waals surface area contributed by atoms with E-state index in [9.17, 15) is 30.3 Å². The molecule has 0 atom stereocenters. The van der Waals surface area contributed by atoms with Crippen LogP contribution < -0.4 is 0 Å². The Kier molecular flexibility index (Phi) is 5.57. The Morgan fingerprint density at radius 3 is 1.43 bits per heavy atom. The Bertz CT molecular complexity index is 1770. The van der Waals surface area contributed by atoms with Crippen molar-refractivity contribution in [2.45, 2.75) is 0 Å². The summed E-state index contributed by atoms with van der Waals surface area (Å²) in [6.07, 6.45) is 0. The molecule has 0 saturated heterocycles. The maximum absolute atomic E-state index is 10.4. The Balaban J connectivity index is 0.000000159. The van der Waals surface area contributed by atoms with Crippen LogP contribution >= 0.6 is 0 Å². The highest BCUT2D eigenvalue weighted by molar-refractivity contribution is 6.26. The minimum absolute atomic E-state index is 0.447. The van der Waals surface area contributed by atoms with Crippen LogP contribution in [-0.2, 0) is 0 Å². The average molecular weight is 497 g/mol. The van der Waals surface area contributed by atoms with Crippen LogP contribution in [-0.4, -0.2) is 19.9 Å². The van der Waals surface area contributed by atoms with Gasteiger partial charge in [0.2, 0.25) is 0 Å². The maximum Gasteiger partial charge on any atom is 0.324 e. The topological polar surface area (TPSA) is 163 Å². The number of non-ortho nitro benzene ring substituents is 1. The number of hydrogen-bond donors (Lipinski definition) is 1. The molecule has 6 aromatic rings. The lowest BCUT2D eigenvalue weighted by molar-refractivity contribution is -0.404. The van der Waals surface area contributed by atoms with Crippen molar-refractivity contribution in [3.05, 3.63) is 115 Å². The second-order valence-electron chi connectivity index (χ2n) is 8.03. The second kappa shape index (κ2) is 8.89. The SMILES string of the molecule is O=[N+]([O-])c1cc([N+](=O)[O-])c(O)c([N+](=O)[O-])c1.c1ccc2c(c1)ccc1oc3ccc4ccccc4c3c12. The number of nitro benzene ring substituents is 3. The molecule has 6 rings (SSSR count). The zero-order chi connectivity index (χ0) is 26.3. The molecule has 0 fully saturated rings. The highest BCUT2D eigenvalue weighted by Crippen LogP contribution is 2.39. The monoisotopic (exact) mass is 497 g/mol. The van der Waals surface area contributed by atoms with Crippen molar-refractivity contribution >= 4 is 60.5 Å². The van der Waals surface area contributed by atoms with Gasteiger partial charge in [0.05, 0.1) is 26.9 Å². The fourth-order valence-electron chi connectivity index (χ4n) is 4.28. The fraction of sp³-hybridized carbons (Fsp3) is 0. The van der Waals surface area contributed by atoms with Crippen LogP contribution in [0, 0.1) is 30.3 Å². The van der Waals surface area contributed by atoms with E-state index in [1.54, 1.807) is 0 Å². The molecule has 5 aromatic carbocycles. The molecule has 11 heteroatoms. The van der Waals surface area contributed by atoms with E-state index in [1.165, 1.54) is 32.3 Å². The highest BCUT2D eigenvalue weighted by Gasteiger charge is 2.30. The molecule has 1 heterocycles. The summed E-state index contributed by atoms with van der Waals surface area (Å²) in [6, 6.07) is 26.3. The highest BCUT2D eigenvalue weighted by atomic mass is 16.6. The summed E-state index contributed by atoms with van der Waals surface area (Å²) in [5, 5.41) is 47.7. The van der Waals surface area contributed by atoms with Crippen LogP contribution in [0.15, 0.2) is 89.3 Å². The van der Waals surface area contributed by atoms with Gasteiger partial charge in [-0.1, -0.05) is 60.7 Å². The molecule has 0 aliphatic heterocycles. The molecule has 0 amide bonds.